The number of hydrogen-bond acceptors (Lipinski definition) is 5. The van der Waals surface area contributed by atoms with E-state index in [-0.39, 0.29) is 16.7 Å². The Bertz CT molecular complexity index is 903. The van der Waals surface area contributed by atoms with Gasteiger partial charge in [-0.1, -0.05) is 6.07 Å². The van der Waals surface area contributed by atoms with Crippen molar-refractivity contribution in [2.24, 2.45) is 0 Å². The highest BCUT2D eigenvalue weighted by atomic mass is 32.2. The van der Waals surface area contributed by atoms with Crippen molar-refractivity contribution in [1.29, 1.82) is 0 Å². The third kappa shape index (κ3) is 3.91. The molecule has 2 aromatic rings. The Kier molecular flexibility index (Phi) is 5.03. The van der Waals surface area contributed by atoms with Crippen LogP contribution in [0.2, 0.25) is 0 Å². The molecule has 0 aliphatic carbocycles. The zero-order valence-corrected chi connectivity index (χ0v) is 15.1. The maximum absolute atomic E-state index is 12.6. The average Bonchev–Trinajstić information content (AvgIpc) is 2.67. The smallest absolute Gasteiger partial charge is 0.272 e. The number of pyridine rings is 1. The monoisotopic (exact) mass is 373 g/mol. The lowest BCUT2D eigenvalue weighted by molar-refractivity contribution is 0.0532. The molecule has 26 heavy (non-hydrogen) atoms. The normalized spacial score (nSPS) is 15.0. The number of carbonyl (C=O) groups is 2. The number of carbonyl (C=O) groups excluding carboxylic acids is 2. The van der Waals surface area contributed by atoms with Crippen LogP contribution in [0, 0.1) is 0 Å². The molecule has 0 radical (unpaired) electrons. The maximum atomic E-state index is 12.6. The van der Waals surface area contributed by atoms with E-state index in [0.717, 1.165) is 6.26 Å². The molecule has 1 aliphatic heterocycles. The Hall–Kier alpha value is -2.74. The molecule has 0 N–H and O–H groups in total. The number of piperazine rings is 1. The van der Waals surface area contributed by atoms with Crippen LogP contribution in [-0.4, -0.2) is 67.5 Å². The summed E-state index contributed by atoms with van der Waals surface area (Å²) in [5.41, 5.74) is 0.825. The van der Waals surface area contributed by atoms with Crippen molar-refractivity contribution in [2.45, 2.75) is 4.90 Å². The molecule has 2 amide bonds. The SMILES string of the molecule is CS(=O)(=O)c1ccc(C(=O)N2CCN(C(=O)c3ccccn3)CC2)cc1. The molecule has 0 spiro atoms. The van der Waals surface area contributed by atoms with E-state index in [1.54, 1.807) is 34.2 Å². The highest BCUT2D eigenvalue weighted by Gasteiger charge is 2.26. The fourth-order valence-electron chi connectivity index (χ4n) is 2.79. The van der Waals surface area contributed by atoms with Gasteiger partial charge in [-0.05, 0) is 36.4 Å². The first-order chi connectivity index (χ1) is 12.4. The fourth-order valence-corrected chi connectivity index (χ4v) is 3.42. The van der Waals surface area contributed by atoms with Crippen molar-refractivity contribution in [3.8, 4) is 0 Å². The van der Waals surface area contributed by atoms with Crippen LogP contribution >= 0.6 is 0 Å². The maximum Gasteiger partial charge on any atom is 0.272 e. The molecular weight excluding hydrogens is 354 g/mol. The van der Waals surface area contributed by atoms with E-state index in [4.69, 9.17) is 0 Å². The second-order valence-electron chi connectivity index (χ2n) is 6.10. The van der Waals surface area contributed by atoms with Crippen LogP contribution in [0.25, 0.3) is 0 Å². The fraction of sp³-hybridized carbons (Fsp3) is 0.278. The van der Waals surface area contributed by atoms with Crippen LogP contribution in [0.1, 0.15) is 20.8 Å². The van der Waals surface area contributed by atoms with Crippen molar-refractivity contribution in [2.75, 3.05) is 32.4 Å². The quantitative estimate of drug-likeness (QED) is 0.803. The number of sulfone groups is 1. The molecule has 0 bridgehead atoms. The lowest BCUT2D eigenvalue weighted by Gasteiger charge is -2.34. The van der Waals surface area contributed by atoms with Gasteiger partial charge in [-0.25, -0.2) is 8.42 Å². The molecule has 2 heterocycles. The number of aromatic nitrogens is 1. The summed E-state index contributed by atoms with van der Waals surface area (Å²) in [6.07, 6.45) is 2.70. The van der Waals surface area contributed by atoms with E-state index >= 15 is 0 Å². The van der Waals surface area contributed by atoms with Gasteiger partial charge in [0.05, 0.1) is 4.90 Å². The zero-order valence-electron chi connectivity index (χ0n) is 14.3. The highest BCUT2D eigenvalue weighted by Crippen LogP contribution is 2.14. The summed E-state index contributed by atoms with van der Waals surface area (Å²) in [4.78, 5) is 32.5. The Morgan fingerprint density at radius 3 is 1.96 bits per heavy atom. The van der Waals surface area contributed by atoms with Gasteiger partial charge in [-0.15, -0.1) is 0 Å². The third-order valence-corrected chi connectivity index (χ3v) is 5.40. The van der Waals surface area contributed by atoms with Crippen molar-refractivity contribution < 1.29 is 18.0 Å². The molecule has 0 atom stereocenters. The molecule has 3 rings (SSSR count). The highest BCUT2D eigenvalue weighted by molar-refractivity contribution is 7.90. The summed E-state index contributed by atoms with van der Waals surface area (Å²) in [6, 6.07) is 11.1. The van der Waals surface area contributed by atoms with E-state index in [1.807, 2.05) is 0 Å². The largest absolute Gasteiger partial charge is 0.335 e. The Labute approximate surface area is 152 Å². The van der Waals surface area contributed by atoms with E-state index in [1.165, 1.54) is 24.3 Å². The molecule has 7 nitrogen and oxygen atoms in total. The molecular formula is C18H19N3O4S. The molecule has 8 heteroatoms. The number of hydrogen-bond donors (Lipinski definition) is 0. The Morgan fingerprint density at radius 1 is 0.885 bits per heavy atom. The summed E-state index contributed by atoms with van der Waals surface area (Å²) in [7, 11) is -3.29. The minimum Gasteiger partial charge on any atom is -0.335 e. The van der Waals surface area contributed by atoms with E-state index in [0.29, 0.717) is 37.4 Å². The Balaban J connectivity index is 1.63. The lowest BCUT2D eigenvalue weighted by Crippen LogP contribution is -2.50. The summed E-state index contributed by atoms with van der Waals surface area (Å²) >= 11 is 0. The molecule has 0 unspecified atom stereocenters. The van der Waals surface area contributed by atoms with Gasteiger partial charge < -0.3 is 9.80 Å². The van der Waals surface area contributed by atoms with Crippen molar-refractivity contribution in [1.82, 2.24) is 14.8 Å². The summed E-state index contributed by atoms with van der Waals surface area (Å²) in [5.74, 6) is -0.315. The third-order valence-electron chi connectivity index (χ3n) is 4.27. The molecule has 1 fully saturated rings. The van der Waals surface area contributed by atoms with Gasteiger partial charge in [0.1, 0.15) is 5.69 Å². The summed E-state index contributed by atoms with van der Waals surface area (Å²) in [6.45, 7) is 1.71. The first-order valence-electron chi connectivity index (χ1n) is 8.16. The number of amides is 2. The first kappa shape index (κ1) is 18.1. The topological polar surface area (TPSA) is 87.7 Å². The molecule has 1 aromatic carbocycles. The van der Waals surface area contributed by atoms with Gasteiger partial charge >= 0.3 is 0 Å². The predicted molar refractivity (Wildman–Crippen MR) is 95.6 cm³/mol. The van der Waals surface area contributed by atoms with Gasteiger partial charge in [0.25, 0.3) is 11.8 Å². The van der Waals surface area contributed by atoms with Crippen LogP contribution in [0.4, 0.5) is 0 Å². The number of benzene rings is 1. The summed E-state index contributed by atoms with van der Waals surface area (Å²) < 4.78 is 23.0. The second-order valence-corrected chi connectivity index (χ2v) is 8.11. The Morgan fingerprint density at radius 2 is 1.46 bits per heavy atom. The number of nitrogens with zero attached hydrogens (tertiary/aromatic N) is 3. The molecule has 1 saturated heterocycles. The predicted octanol–water partition coefficient (Wildman–Crippen LogP) is 1.08. The lowest BCUT2D eigenvalue weighted by atomic mass is 10.1. The van der Waals surface area contributed by atoms with Crippen LogP contribution in [-0.2, 0) is 9.84 Å². The van der Waals surface area contributed by atoms with E-state index < -0.39 is 9.84 Å². The van der Waals surface area contributed by atoms with E-state index in [2.05, 4.69) is 4.98 Å². The van der Waals surface area contributed by atoms with Gasteiger partial charge in [-0.3, -0.25) is 14.6 Å². The van der Waals surface area contributed by atoms with Gasteiger partial charge in [0, 0.05) is 44.2 Å². The first-order valence-corrected chi connectivity index (χ1v) is 10.0. The van der Waals surface area contributed by atoms with Crippen LogP contribution in [0.3, 0.4) is 0 Å². The standard InChI is InChI=1S/C18H19N3O4S/c1-26(24,25)15-7-5-14(6-8-15)17(22)20-10-12-21(13-11-20)18(23)16-4-2-3-9-19-16/h2-9H,10-13H2,1H3. The van der Waals surface area contributed by atoms with Crippen LogP contribution in [0.15, 0.2) is 53.6 Å². The molecule has 1 aromatic heterocycles. The van der Waals surface area contributed by atoms with Crippen LogP contribution in [0.5, 0.6) is 0 Å². The van der Waals surface area contributed by atoms with Gasteiger partial charge in [-0.2, -0.15) is 0 Å². The van der Waals surface area contributed by atoms with Crippen molar-refractivity contribution in [3.05, 3.63) is 59.9 Å². The van der Waals surface area contributed by atoms with E-state index in [9.17, 15) is 18.0 Å². The average molecular weight is 373 g/mol. The number of rotatable bonds is 3. The molecule has 1 aliphatic rings. The van der Waals surface area contributed by atoms with Crippen molar-refractivity contribution in [3.63, 3.8) is 0 Å². The van der Waals surface area contributed by atoms with Crippen molar-refractivity contribution >= 4 is 21.7 Å². The molecule has 0 saturated carbocycles. The minimum absolute atomic E-state index is 0.143. The van der Waals surface area contributed by atoms with Crippen LogP contribution < -0.4 is 0 Å². The van der Waals surface area contributed by atoms with Gasteiger partial charge in [0.15, 0.2) is 9.84 Å². The molecule has 136 valence electrons. The minimum atomic E-state index is -3.29. The summed E-state index contributed by atoms with van der Waals surface area (Å²) in [5, 5.41) is 0. The van der Waals surface area contributed by atoms with Gasteiger partial charge in [0.2, 0.25) is 0 Å². The second kappa shape index (κ2) is 7.25. The zero-order chi connectivity index (χ0) is 18.7.